The number of unbranched alkanes of at least 4 members (excludes halogenated alkanes) is 3. The number of rotatable bonds is 17. The number of hydrogen-bond donors (Lipinski definition) is 1. The Kier molecular flexibility index (Phi) is 13.0. The molecule has 0 fully saturated rings. The molecule has 0 spiro atoms. The van der Waals surface area contributed by atoms with Crippen LogP contribution in [0.25, 0.3) is 6.08 Å². The molecule has 36 heavy (non-hydrogen) atoms. The van der Waals surface area contributed by atoms with Gasteiger partial charge >= 0.3 is 5.97 Å². The maximum atomic E-state index is 11.7. The summed E-state index contributed by atoms with van der Waals surface area (Å²) in [5.74, 6) is 1.41. The van der Waals surface area contributed by atoms with Crippen LogP contribution in [0, 0.1) is 0 Å². The van der Waals surface area contributed by atoms with E-state index in [-0.39, 0.29) is 12.3 Å². The number of hydrogen-bond acceptors (Lipinski definition) is 5. The van der Waals surface area contributed by atoms with Crippen LogP contribution in [0.5, 0.6) is 17.2 Å². The third kappa shape index (κ3) is 10.8. The van der Waals surface area contributed by atoms with Crippen molar-refractivity contribution in [2.24, 2.45) is 0 Å². The molecule has 2 aromatic carbocycles. The first-order valence-corrected chi connectivity index (χ1v) is 12.5. The van der Waals surface area contributed by atoms with Crippen LogP contribution < -0.4 is 14.2 Å². The van der Waals surface area contributed by atoms with E-state index < -0.39 is 5.97 Å². The molecule has 0 aliphatic heterocycles. The third-order valence-corrected chi connectivity index (χ3v) is 5.67. The molecular weight excluding hydrogens is 458 g/mol. The summed E-state index contributed by atoms with van der Waals surface area (Å²) in [5, 5.41) is 9.17. The number of benzene rings is 2. The Balaban J connectivity index is 1.81. The Morgan fingerprint density at radius 1 is 0.889 bits per heavy atom. The molecule has 0 aliphatic rings. The first-order valence-electron chi connectivity index (χ1n) is 12.5. The maximum Gasteiger partial charge on any atom is 0.303 e. The number of amides is 1. The summed E-state index contributed by atoms with van der Waals surface area (Å²) in [4.78, 5) is 24.5. The molecule has 7 heteroatoms. The van der Waals surface area contributed by atoms with E-state index >= 15 is 0 Å². The Labute approximate surface area is 214 Å². The van der Waals surface area contributed by atoms with Crippen molar-refractivity contribution in [3.05, 3.63) is 59.7 Å². The van der Waals surface area contributed by atoms with Crippen LogP contribution >= 0.6 is 0 Å². The van der Waals surface area contributed by atoms with Gasteiger partial charge in [-0.25, -0.2) is 0 Å². The lowest BCUT2D eigenvalue weighted by Gasteiger charge is -2.16. The molecule has 0 atom stereocenters. The van der Waals surface area contributed by atoms with Crippen molar-refractivity contribution in [2.45, 2.75) is 51.4 Å². The van der Waals surface area contributed by atoms with Gasteiger partial charge in [-0.2, -0.15) is 0 Å². The highest BCUT2D eigenvalue weighted by atomic mass is 16.5. The van der Waals surface area contributed by atoms with Crippen molar-refractivity contribution in [1.29, 1.82) is 0 Å². The SMILES string of the molecule is COc1ccc(C=CCCCCOc2cccc(OCCCCC(=O)N(C)C)c2CCC(=O)O)cc1. The zero-order valence-corrected chi connectivity index (χ0v) is 21.7. The number of aliphatic carboxylic acids is 1. The highest BCUT2D eigenvalue weighted by Gasteiger charge is 2.13. The number of ether oxygens (including phenoxy) is 3. The van der Waals surface area contributed by atoms with E-state index in [0.29, 0.717) is 37.6 Å². The van der Waals surface area contributed by atoms with Gasteiger partial charge in [-0.3, -0.25) is 9.59 Å². The average Bonchev–Trinajstić information content (AvgIpc) is 2.87. The first-order chi connectivity index (χ1) is 17.4. The number of carbonyl (C=O) groups is 2. The van der Waals surface area contributed by atoms with Gasteiger partial charge < -0.3 is 24.2 Å². The van der Waals surface area contributed by atoms with Crippen molar-refractivity contribution in [3.8, 4) is 17.2 Å². The summed E-state index contributed by atoms with van der Waals surface area (Å²) in [5.41, 5.74) is 1.92. The molecule has 0 saturated heterocycles. The monoisotopic (exact) mass is 497 g/mol. The molecule has 7 nitrogen and oxygen atoms in total. The molecule has 2 rings (SSSR count). The summed E-state index contributed by atoms with van der Waals surface area (Å²) < 4.78 is 17.2. The van der Waals surface area contributed by atoms with E-state index in [4.69, 9.17) is 14.2 Å². The molecule has 1 N–H and O–H groups in total. The highest BCUT2D eigenvalue weighted by Crippen LogP contribution is 2.30. The fourth-order valence-corrected chi connectivity index (χ4v) is 3.56. The van der Waals surface area contributed by atoms with E-state index in [1.165, 1.54) is 0 Å². The fourth-order valence-electron chi connectivity index (χ4n) is 3.56. The van der Waals surface area contributed by atoms with Gasteiger partial charge in [0.1, 0.15) is 17.2 Å². The lowest BCUT2D eigenvalue weighted by Crippen LogP contribution is -2.21. The molecule has 0 bridgehead atoms. The topological polar surface area (TPSA) is 85.3 Å². The summed E-state index contributed by atoms with van der Waals surface area (Å²) in [6.45, 7) is 1.01. The predicted molar refractivity (Wildman–Crippen MR) is 142 cm³/mol. The second kappa shape index (κ2) is 16.2. The Bertz CT molecular complexity index is 968. The number of methoxy groups -OCH3 is 1. The van der Waals surface area contributed by atoms with Crippen molar-refractivity contribution in [1.82, 2.24) is 4.90 Å². The molecule has 2 aromatic rings. The van der Waals surface area contributed by atoms with Crippen LogP contribution in [0.4, 0.5) is 0 Å². The number of nitrogens with zero attached hydrogens (tertiary/aromatic N) is 1. The molecule has 0 saturated carbocycles. The first kappa shape index (κ1) is 28.8. The number of carboxylic acids is 1. The summed E-state index contributed by atoms with van der Waals surface area (Å²) in [6, 6.07) is 13.5. The van der Waals surface area contributed by atoms with E-state index in [0.717, 1.165) is 49.0 Å². The number of carboxylic acid groups (broad SMARTS) is 1. The third-order valence-electron chi connectivity index (χ3n) is 5.67. The van der Waals surface area contributed by atoms with E-state index in [2.05, 4.69) is 12.2 Å². The van der Waals surface area contributed by atoms with Crippen LogP contribution in [0.3, 0.4) is 0 Å². The van der Waals surface area contributed by atoms with Crippen LogP contribution in [-0.2, 0) is 16.0 Å². The molecule has 0 aromatic heterocycles. The van der Waals surface area contributed by atoms with Crippen molar-refractivity contribution < 1.29 is 28.9 Å². The minimum atomic E-state index is -0.860. The summed E-state index contributed by atoms with van der Waals surface area (Å²) in [6.07, 6.45) is 9.38. The van der Waals surface area contributed by atoms with Gasteiger partial charge in [0.05, 0.1) is 20.3 Å². The lowest BCUT2D eigenvalue weighted by atomic mass is 10.1. The van der Waals surface area contributed by atoms with E-state index in [1.54, 1.807) is 26.1 Å². The summed E-state index contributed by atoms with van der Waals surface area (Å²) in [7, 11) is 5.15. The quantitative estimate of drug-likeness (QED) is 0.286. The minimum Gasteiger partial charge on any atom is -0.497 e. The average molecular weight is 498 g/mol. The normalized spacial score (nSPS) is 10.9. The molecule has 0 aliphatic carbocycles. The van der Waals surface area contributed by atoms with Crippen molar-refractivity contribution in [3.63, 3.8) is 0 Å². The van der Waals surface area contributed by atoms with Crippen LogP contribution in [0.1, 0.15) is 56.1 Å². The van der Waals surface area contributed by atoms with Gasteiger partial charge in [0.2, 0.25) is 5.91 Å². The number of carbonyl (C=O) groups excluding carboxylic acids is 1. The van der Waals surface area contributed by atoms with Gasteiger partial charge in [0.15, 0.2) is 0 Å². The molecule has 0 heterocycles. The smallest absolute Gasteiger partial charge is 0.303 e. The molecule has 196 valence electrons. The van der Waals surface area contributed by atoms with E-state index in [1.807, 2.05) is 42.5 Å². The van der Waals surface area contributed by atoms with Crippen molar-refractivity contribution in [2.75, 3.05) is 34.4 Å². The Morgan fingerprint density at radius 2 is 1.53 bits per heavy atom. The highest BCUT2D eigenvalue weighted by molar-refractivity contribution is 5.75. The van der Waals surface area contributed by atoms with Crippen LogP contribution in [0.15, 0.2) is 48.5 Å². The van der Waals surface area contributed by atoms with Gasteiger partial charge in [0.25, 0.3) is 0 Å². The van der Waals surface area contributed by atoms with Gasteiger partial charge in [-0.05, 0) is 68.4 Å². The second-order valence-electron chi connectivity index (χ2n) is 8.74. The zero-order valence-electron chi connectivity index (χ0n) is 21.7. The lowest BCUT2D eigenvalue weighted by molar-refractivity contribution is -0.137. The van der Waals surface area contributed by atoms with Gasteiger partial charge in [-0.1, -0.05) is 30.4 Å². The summed E-state index contributed by atoms with van der Waals surface area (Å²) >= 11 is 0. The molecular formula is C29H39NO6. The van der Waals surface area contributed by atoms with Gasteiger partial charge in [-0.15, -0.1) is 0 Å². The van der Waals surface area contributed by atoms with Crippen molar-refractivity contribution >= 4 is 18.0 Å². The molecule has 0 radical (unpaired) electrons. The fraction of sp³-hybridized carbons (Fsp3) is 0.448. The number of allylic oxidation sites excluding steroid dienone is 1. The largest absolute Gasteiger partial charge is 0.497 e. The minimum absolute atomic E-state index is 0.00419. The Hall–Kier alpha value is -3.48. The van der Waals surface area contributed by atoms with Crippen LogP contribution in [-0.4, -0.2) is 56.3 Å². The standard InChI is InChI=1S/C29H39NO6/c1-30(2)28(31)14-7-9-22-36-27-13-10-12-26(25(27)19-20-29(32)33)35-21-8-5-4-6-11-23-15-17-24(34-3)18-16-23/h6,10-13,15-18H,4-5,7-9,14,19-22H2,1-3H3,(H,32,33). The Morgan fingerprint density at radius 3 is 2.11 bits per heavy atom. The van der Waals surface area contributed by atoms with E-state index in [9.17, 15) is 14.7 Å². The zero-order chi connectivity index (χ0) is 26.2. The van der Waals surface area contributed by atoms with Crippen LogP contribution in [0.2, 0.25) is 0 Å². The maximum absolute atomic E-state index is 11.7. The second-order valence-corrected chi connectivity index (χ2v) is 8.74. The molecule has 0 unspecified atom stereocenters. The predicted octanol–water partition coefficient (Wildman–Crippen LogP) is 5.61. The van der Waals surface area contributed by atoms with Gasteiger partial charge in [0, 0.05) is 32.5 Å². The molecule has 1 amide bonds.